The molecule has 2 aromatic rings. The smallest absolute Gasteiger partial charge is 0.326 e. The number of nitrogens with one attached hydrogen (secondary N) is 3. The minimum Gasteiger partial charge on any atom is -0.480 e. The first-order valence-electron chi connectivity index (χ1n) is 21.1. The Morgan fingerprint density at radius 1 is 0.902 bits per heavy atom. The van der Waals surface area contributed by atoms with Crippen LogP contribution in [0, 0.1) is 11.3 Å². The number of allylic oxidation sites excluding steroid dienone is 7. The van der Waals surface area contributed by atoms with Crippen molar-refractivity contribution in [2.24, 2.45) is 18.4 Å². The van der Waals surface area contributed by atoms with Crippen molar-refractivity contribution >= 4 is 47.6 Å². The molecule has 5 N–H and O–H groups in total. The lowest BCUT2D eigenvalue weighted by Crippen LogP contribution is -2.56. The van der Waals surface area contributed by atoms with Crippen LogP contribution in [0.15, 0.2) is 77.6 Å². The van der Waals surface area contributed by atoms with Crippen LogP contribution < -0.4 is 16.0 Å². The molecule has 1 heterocycles. The van der Waals surface area contributed by atoms with Gasteiger partial charge in [0.25, 0.3) is 0 Å². The lowest BCUT2D eigenvalue weighted by molar-refractivity contribution is -0.168. The minimum atomic E-state index is -1.82. The van der Waals surface area contributed by atoms with Crippen LogP contribution in [0.3, 0.4) is 0 Å². The number of carbonyl (C=O) groups is 5. The number of benzene rings is 1. The Kier molecular flexibility index (Phi) is 23.2. The fourth-order valence-electron chi connectivity index (χ4n) is 6.55. The monoisotopic (exact) mass is 863 g/mol. The maximum Gasteiger partial charge on any atom is 0.326 e. The van der Waals surface area contributed by atoms with E-state index in [2.05, 4.69) is 53.9 Å². The van der Waals surface area contributed by atoms with Crippen molar-refractivity contribution in [3.05, 3.63) is 94.6 Å². The highest BCUT2D eigenvalue weighted by Gasteiger charge is 2.46. The zero-order valence-corrected chi connectivity index (χ0v) is 38.4. The fourth-order valence-corrected chi connectivity index (χ4v) is 7.02. The largest absolute Gasteiger partial charge is 0.480 e. The van der Waals surface area contributed by atoms with E-state index in [1.807, 2.05) is 63.4 Å². The van der Waals surface area contributed by atoms with Gasteiger partial charge in [0.2, 0.25) is 11.8 Å². The van der Waals surface area contributed by atoms with E-state index < -0.39 is 53.3 Å². The van der Waals surface area contributed by atoms with Gasteiger partial charge in [-0.15, -0.1) is 0 Å². The van der Waals surface area contributed by atoms with Gasteiger partial charge in [0.15, 0.2) is 5.41 Å². The summed E-state index contributed by atoms with van der Waals surface area (Å²) in [5.74, 6) is -3.34. The molecule has 0 saturated heterocycles. The number of rotatable bonds is 28. The minimum absolute atomic E-state index is 0.0268. The summed E-state index contributed by atoms with van der Waals surface area (Å²) in [6.07, 6.45) is 16.9. The van der Waals surface area contributed by atoms with Crippen molar-refractivity contribution in [2.75, 3.05) is 18.6 Å². The normalized spacial score (nSPS) is 14.5. The number of ether oxygens (including phenoxy) is 1. The Labute approximate surface area is 367 Å². The van der Waals surface area contributed by atoms with Gasteiger partial charge in [-0.1, -0.05) is 85.2 Å². The van der Waals surface area contributed by atoms with Crippen molar-refractivity contribution in [1.82, 2.24) is 25.5 Å². The highest BCUT2D eigenvalue weighted by Crippen LogP contribution is 2.32. The average Bonchev–Trinajstić information content (AvgIpc) is 3.55. The van der Waals surface area contributed by atoms with E-state index in [0.717, 1.165) is 42.5 Å². The van der Waals surface area contributed by atoms with E-state index in [1.54, 1.807) is 36.9 Å². The van der Waals surface area contributed by atoms with Gasteiger partial charge in [-0.3, -0.25) is 24.5 Å². The highest BCUT2D eigenvalue weighted by molar-refractivity contribution is 7.98. The number of nitrogens with zero attached hydrogens (tertiary/aromatic N) is 2. The second-order valence-corrected chi connectivity index (χ2v) is 17.1. The lowest BCUT2D eigenvalue weighted by atomic mass is 9.80. The predicted molar refractivity (Wildman–Crippen MR) is 244 cm³/mol. The van der Waals surface area contributed by atoms with E-state index in [4.69, 9.17) is 4.74 Å². The Morgan fingerprint density at radius 3 is 2.13 bits per heavy atom. The molecule has 0 fully saturated rings. The molecule has 0 aliphatic carbocycles. The molecule has 1 aromatic carbocycles. The number of esters is 1. The standard InChI is InChI=1S/C47H69N5O8S/c1-10-60-46(59)47(45(57)58,27-24-35(7)20-15-19-34(6)18-14-17-32(2)3)26-16-23-40-48-30-37(52(40)8)31-49-41(33(4)5)43(54)51-39(29-36-21-12-11-13-22-36)42(53)50-38(44(55)56)25-28-61-9/h11-13,16-17,19,21-24,30,33,38-39,41,49H,10,14-15,18,20,25-29,31H2,1-9H3,(H,50,53)(H,51,54)(H,55,56)(H,57,58)/b23-16+,34-19+,35-24+/t38-,39-,41-,47?/m0/s1. The van der Waals surface area contributed by atoms with Crippen LogP contribution in [-0.4, -0.2) is 86.2 Å². The lowest BCUT2D eigenvalue weighted by Gasteiger charge is -2.26. The van der Waals surface area contributed by atoms with Crippen molar-refractivity contribution < 1.29 is 38.9 Å². The molecular formula is C47H69N5O8S. The average molecular weight is 864 g/mol. The van der Waals surface area contributed by atoms with E-state index in [0.29, 0.717) is 11.6 Å². The summed E-state index contributed by atoms with van der Waals surface area (Å²) in [5, 5.41) is 29.0. The van der Waals surface area contributed by atoms with Crippen molar-refractivity contribution in [3.8, 4) is 0 Å². The summed E-state index contributed by atoms with van der Waals surface area (Å²) in [6.45, 7) is 13.9. The van der Waals surface area contributed by atoms with Gasteiger partial charge in [0, 0.05) is 20.0 Å². The molecule has 336 valence electrons. The Balaban J connectivity index is 2.21. The van der Waals surface area contributed by atoms with E-state index in [9.17, 15) is 34.2 Å². The number of carboxylic acids is 2. The number of amides is 2. The highest BCUT2D eigenvalue weighted by atomic mass is 32.2. The third-order valence-corrected chi connectivity index (χ3v) is 11.1. The first kappa shape index (κ1) is 52.2. The van der Waals surface area contributed by atoms with Gasteiger partial charge < -0.3 is 30.2 Å². The third kappa shape index (κ3) is 17.9. The molecule has 1 aromatic heterocycles. The number of aromatic nitrogens is 2. The van der Waals surface area contributed by atoms with Crippen LogP contribution in [0.1, 0.15) is 110 Å². The van der Waals surface area contributed by atoms with Crippen LogP contribution in [-0.2, 0) is 48.7 Å². The Bertz CT molecular complexity index is 1860. The van der Waals surface area contributed by atoms with Crippen LogP contribution in [0.25, 0.3) is 6.08 Å². The van der Waals surface area contributed by atoms with Crippen LogP contribution in [0.2, 0.25) is 0 Å². The van der Waals surface area contributed by atoms with Crippen LogP contribution in [0.5, 0.6) is 0 Å². The molecule has 4 atom stereocenters. The van der Waals surface area contributed by atoms with Gasteiger partial charge in [-0.25, -0.2) is 9.78 Å². The number of thioether (sulfide) groups is 1. The molecule has 13 nitrogen and oxygen atoms in total. The molecule has 61 heavy (non-hydrogen) atoms. The first-order valence-corrected chi connectivity index (χ1v) is 22.5. The summed E-state index contributed by atoms with van der Waals surface area (Å²) in [7, 11) is 1.80. The second-order valence-electron chi connectivity index (χ2n) is 16.1. The first-order chi connectivity index (χ1) is 28.9. The zero-order chi connectivity index (χ0) is 45.5. The van der Waals surface area contributed by atoms with Crippen LogP contribution in [0.4, 0.5) is 0 Å². The van der Waals surface area contributed by atoms with E-state index >= 15 is 0 Å². The molecular weight excluding hydrogens is 795 g/mol. The molecule has 0 spiro atoms. The topological polar surface area (TPSA) is 189 Å². The zero-order valence-electron chi connectivity index (χ0n) is 37.6. The molecule has 0 saturated carbocycles. The molecule has 0 radical (unpaired) electrons. The summed E-state index contributed by atoms with van der Waals surface area (Å²) in [5.41, 5.74) is 3.30. The SMILES string of the molecule is CCOC(=O)C(C/C=C/c1ncc(CN[C@H](C(=O)N[C@@H](Cc2ccccc2)C(=O)N[C@@H](CCSC)C(=O)O)C(C)C)n1C)(C/C=C(\C)CC/C=C(\C)CCC=C(C)C)C(=O)O. The van der Waals surface area contributed by atoms with E-state index in [1.165, 1.54) is 22.9 Å². The van der Waals surface area contributed by atoms with Crippen molar-refractivity contribution in [3.63, 3.8) is 0 Å². The van der Waals surface area contributed by atoms with Gasteiger partial charge in [0.05, 0.1) is 24.5 Å². The maximum absolute atomic E-state index is 13.8. The van der Waals surface area contributed by atoms with Crippen molar-refractivity contribution in [2.45, 2.75) is 125 Å². The summed E-state index contributed by atoms with van der Waals surface area (Å²) in [4.78, 5) is 69.8. The number of hydrogen-bond acceptors (Lipinski definition) is 9. The number of carbonyl (C=O) groups excluding carboxylic acids is 3. The van der Waals surface area contributed by atoms with Gasteiger partial charge >= 0.3 is 17.9 Å². The molecule has 2 amide bonds. The van der Waals surface area contributed by atoms with Gasteiger partial charge in [-0.05, 0) is 109 Å². The fraction of sp³-hybridized carbons (Fsp3) is 0.532. The quantitative estimate of drug-likeness (QED) is 0.0325. The number of imidazole rings is 1. The molecule has 0 aliphatic rings. The van der Waals surface area contributed by atoms with Gasteiger partial charge in [-0.2, -0.15) is 11.8 Å². The second kappa shape index (κ2) is 27.1. The molecule has 14 heteroatoms. The summed E-state index contributed by atoms with van der Waals surface area (Å²) >= 11 is 1.48. The summed E-state index contributed by atoms with van der Waals surface area (Å²) in [6, 6.07) is 6.35. The predicted octanol–water partition coefficient (Wildman–Crippen LogP) is 7.43. The van der Waals surface area contributed by atoms with Gasteiger partial charge in [0.1, 0.15) is 17.9 Å². The number of carboxylic acid groups (broad SMARTS) is 2. The Hall–Kier alpha value is -4.95. The Morgan fingerprint density at radius 2 is 1.54 bits per heavy atom. The number of aliphatic carboxylic acids is 2. The molecule has 1 unspecified atom stereocenters. The van der Waals surface area contributed by atoms with E-state index in [-0.39, 0.29) is 44.8 Å². The molecule has 0 aliphatic heterocycles. The number of hydrogen-bond donors (Lipinski definition) is 5. The van der Waals surface area contributed by atoms with Crippen LogP contribution >= 0.6 is 11.8 Å². The third-order valence-electron chi connectivity index (χ3n) is 10.4. The summed E-state index contributed by atoms with van der Waals surface area (Å²) < 4.78 is 7.10. The molecule has 2 rings (SSSR count). The maximum atomic E-state index is 13.8. The van der Waals surface area contributed by atoms with Crippen molar-refractivity contribution in [1.29, 1.82) is 0 Å². The molecule has 0 bridgehead atoms.